The number of ether oxygens (including phenoxy) is 2. The molecule has 0 aromatic heterocycles. The predicted molar refractivity (Wildman–Crippen MR) is 95.2 cm³/mol. The van der Waals surface area contributed by atoms with Crippen LogP contribution in [0.4, 0.5) is 5.69 Å². The van der Waals surface area contributed by atoms with Crippen LogP contribution in [0, 0.1) is 6.92 Å². The van der Waals surface area contributed by atoms with Crippen LogP contribution >= 0.6 is 15.9 Å². The van der Waals surface area contributed by atoms with Crippen LogP contribution in [0.1, 0.15) is 19.4 Å². The standard InChI is InChI=1S/C18H20BrNO3/c1-4-22-15-6-8-16(9-7-15)23-13(3)18(21)20-17-10-5-14(19)11-12(17)2/h5-11,13H,4H2,1-3H3,(H,20,21). The molecule has 122 valence electrons. The third-order valence-electron chi connectivity index (χ3n) is 3.26. The van der Waals surface area contributed by atoms with E-state index < -0.39 is 6.10 Å². The van der Waals surface area contributed by atoms with Gasteiger partial charge in [0, 0.05) is 10.2 Å². The molecule has 1 unspecified atom stereocenters. The Kier molecular flexibility index (Phi) is 6.04. The first-order valence-corrected chi connectivity index (χ1v) is 8.25. The van der Waals surface area contributed by atoms with Crippen LogP contribution in [-0.4, -0.2) is 18.6 Å². The van der Waals surface area contributed by atoms with E-state index in [0.717, 1.165) is 21.5 Å². The van der Waals surface area contributed by atoms with Crippen LogP contribution in [0.3, 0.4) is 0 Å². The molecule has 0 spiro atoms. The van der Waals surface area contributed by atoms with Crippen LogP contribution in [-0.2, 0) is 4.79 Å². The molecule has 0 saturated carbocycles. The fourth-order valence-electron chi connectivity index (χ4n) is 2.04. The van der Waals surface area contributed by atoms with Crippen LogP contribution in [0.15, 0.2) is 46.9 Å². The maximum absolute atomic E-state index is 12.3. The fraction of sp³-hybridized carbons (Fsp3) is 0.278. The van der Waals surface area contributed by atoms with Crippen molar-refractivity contribution in [2.45, 2.75) is 26.9 Å². The minimum absolute atomic E-state index is 0.190. The first-order valence-electron chi connectivity index (χ1n) is 7.46. The Morgan fingerprint density at radius 3 is 2.43 bits per heavy atom. The molecule has 1 N–H and O–H groups in total. The van der Waals surface area contributed by atoms with Crippen molar-refractivity contribution in [3.63, 3.8) is 0 Å². The van der Waals surface area contributed by atoms with Crippen molar-refractivity contribution in [1.82, 2.24) is 0 Å². The molecule has 1 atom stereocenters. The molecule has 0 radical (unpaired) electrons. The Morgan fingerprint density at radius 2 is 1.83 bits per heavy atom. The quantitative estimate of drug-likeness (QED) is 0.802. The minimum atomic E-state index is -0.601. The molecule has 23 heavy (non-hydrogen) atoms. The zero-order chi connectivity index (χ0) is 16.8. The van der Waals surface area contributed by atoms with Crippen molar-refractivity contribution < 1.29 is 14.3 Å². The van der Waals surface area contributed by atoms with Gasteiger partial charge in [-0.25, -0.2) is 0 Å². The maximum atomic E-state index is 12.3. The van der Waals surface area contributed by atoms with Gasteiger partial charge in [0.25, 0.3) is 5.91 Å². The van der Waals surface area contributed by atoms with Gasteiger partial charge in [-0.1, -0.05) is 15.9 Å². The summed E-state index contributed by atoms with van der Waals surface area (Å²) in [5.41, 5.74) is 1.77. The number of nitrogens with one attached hydrogen (secondary N) is 1. The van der Waals surface area contributed by atoms with Gasteiger partial charge in [0.15, 0.2) is 6.10 Å². The van der Waals surface area contributed by atoms with E-state index in [1.807, 2.05) is 44.2 Å². The number of hydrogen-bond donors (Lipinski definition) is 1. The van der Waals surface area contributed by atoms with Gasteiger partial charge in [-0.05, 0) is 68.8 Å². The highest BCUT2D eigenvalue weighted by molar-refractivity contribution is 9.10. The van der Waals surface area contributed by atoms with Crippen LogP contribution in [0.2, 0.25) is 0 Å². The number of aryl methyl sites for hydroxylation is 1. The molecular formula is C18H20BrNO3. The number of hydrogen-bond acceptors (Lipinski definition) is 3. The molecule has 0 aliphatic heterocycles. The third kappa shape index (κ3) is 4.99. The number of carbonyl (C=O) groups is 1. The number of rotatable bonds is 6. The second-order valence-electron chi connectivity index (χ2n) is 5.11. The zero-order valence-electron chi connectivity index (χ0n) is 13.4. The summed E-state index contributed by atoms with van der Waals surface area (Å²) in [7, 11) is 0. The van der Waals surface area contributed by atoms with Gasteiger partial charge in [-0.15, -0.1) is 0 Å². The molecule has 0 saturated heterocycles. The zero-order valence-corrected chi connectivity index (χ0v) is 15.0. The smallest absolute Gasteiger partial charge is 0.265 e. The van der Waals surface area contributed by atoms with Gasteiger partial charge in [-0.2, -0.15) is 0 Å². The molecule has 0 aliphatic carbocycles. The van der Waals surface area contributed by atoms with Gasteiger partial charge in [-0.3, -0.25) is 4.79 Å². The molecule has 0 heterocycles. The van der Waals surface area contributed by atoms with Gasteiger partial charge < -0.3 is 14.8 Å². The first kappa shape index (κ1) is 17.3. The summed E-state index contributed by atoms with van der Waals surface area (Å²) in [6, 6.07) is 12.9. The van der Waals surface area contributed by atoms with Gasteiger partial charge >= 0.3 is 0 Å². The van der Waals surface area contributed by atoms with E-state index in [1.54, 1.807) is 19.1 Å². The molecule has 0 aliphatic rings. The number of halogens is 1. The van der Waals surface area contributed by atoms with E-state index in [-0.39, 0.29) is 5.91 Å². The predicted octanol–water partition coefficient (Wildman–Crippen LogP) is 4.56. The highest BCUT2D eigenvalue weighted by Crippen LogP contribution is 2.21. The normalized spacial score (nSPS) is 11.7. The van der Waals surface area contributed by atoms with Crippen LogP contribution in [0.25, 0.3) is 0 Å². The summed E-state index contributed by atoms with van der Waals surface area (Å²) >= 11 is 3.40. The Bertz CT molecular complexity index is 670. The SMILES string of the molecule is CCOc1ccc(OC(C)C(=O)Nc2ccc(Br)cc2C)cc1. The summed E-state index contributed by atoms with van der Waals surface area (Å²) in [6.07, 6.45) is -0.601. The molecular weight excluding hydrogens is 358 g/mol. The van der Waals surface area contributed by atoms with E-state index >= 15 is 0 Å². The minimum Gasteiger partial charge on any atom is -0.494 e. The lowest BCUT2D eigenvalue weighted by Crippen LogP contribution is -2.30. The average Bonchev–Trinajstić information content (AvgIpc) is 2.52. The van der Waals surface area contributed by atoms with Gasteiger partial charge in [0.1, 0.15) is 11.5 Å². The van der Waals surface area contributed by atoms with E-state index in [0.29, 0.717) is 12.4 Å². The van der Waals surface area contributed by atoms with Crippen LogP contribution < -0.4 is 14.8 Å². The second kappa shape index (κ2) is 8.02. The van der Waals surface area contributed by atoms with Crippen molar-refractivity contribution >= 4 is 27.5 Å². The molecule has 4 nitrogen and oxygen atoms in total. The van der Waals surface area contributed by atoms with E-state index in [2.05, 4.69) is 21.2 Å². The van der Waals surface area contributed by atoms with Gasteiger partial charge in [0.2, 0.25) is 0 Å². The van der Waals surface area contributed by atoms with Crippen molar-refractivity contribution in [2.75, 3.05) is 11.9 Å². The van der Waals surface area contributed by atoms with Crippen molar-refractivity contribution in [2.24, 2.45) is 0 Å². The molecule has 5 heteroatoms. The summed E-state index contributed by atoms with van der Waals surface area (Å²) in [5.74, 6) is 1.22. The van der Waals surface area contributed by atoms with Crippen molar-refractivity contribution in [3.8, 4) is 11.5 Å². The first-order chi connectivity index (χ1) is 11.0. The lowest BCUT2D eigenvalue weighted by atomic mass is 10.2. The van der Waals surface area contributed by atoms with E-state index in [1.165, 1.54) is 0 Å². The fourth-order valence-corrected chi connectivity index (χ4v) is 2.52. The van der Waals surface area contributed by atoms with E-state index in [9.17, 15) is 4.79 Å². The highest BCUT2D eigenvalue weighted by atomic mass is 79.9. The Hall–Kier alpha value is -2.01. The summed E-state index contributed by atoms with van der Waals surface area (Å²) in [4.78, 5) is 12.3. The van der Waals surface area contributed by atoms with E-state index in [4.69, 9.17) is 9.47 Å². The van der Waals surface area contributed by atoms with Gasteiger partial charge in [0.05, 0.1) is 6.61 Å². The maximum Gasteiger partial charge on any atom is 0.265 e. The molecule has 2 aromatic rings. The molecule has 1 amide bonds. The largest absolute Gasteiger partial charge is 0.494 e. The number of anilines is 1. The number of carbonyl (C=O) groups excluding carboxylic acids is 1. The second-order valence-corrected chi connectivity index (χ2v) is 6.03. The highest BCUT2D eigenvalue weighted by Gasteiger charge is 2.15. The van der Waals surface area contributed by atoms with Crippen molar-refractivity contribution in [3.05, 3.63) is 52.5 Å². The Labute approximate surface area is 144 Å². The van der Waals surface area contributed by atoms with Crippen molar-refractivity contribution in [1.29, 1.82) is 0 Å². The Balaban J connectivity index is 1.96. The molecule has 2 aromatic carbocycles. The molecule has 0 fully saturated rings. The summed E-state index contributed by atoms with van der Waals surface area (Å²) < 4.78 is 12.0. The summed E-state index contributed by atoms with van der Waals surface area (Å²) in [5, 5.41) is 2.88. The topological polar surface area (TPSA) is 47.6 Å². The molecule has 0 bridgehead atoms. The van der Waals surface area contributed by atoms with Crippen LogP contribution in [0.5, 0.6) is 11.5 Å². The average molecular weight is 378 g/mol. The summed E-state index contributed by atoms with van der Waals surface area (Å²) in [6.45, 7) is 6.21. The monoisotopic (exact) mass is 377 g/mol. The lowest BCUT2D eigenvalue weighted by Gasteiger charge is -2.16. The lowest BCUT2D eigenvalue weighted by molar-refractivity contribution is -0.122. The number of benzene rings is 2. The Morgan fingerprint density at radius 1 is 1.17 bits per heavy atom. The molecule has 2 rings (SSSR count). The third-order valence-corrected chi connectivity index (χ3v) is 3.76. The number of amides is 1.